The molecule has 0 fully saturated rings. The lowest BCUT2D eigenvalue weighted by molar-refractivity contribution is -0.121. The summed E-state index contributed by atoms with van der Waals surface area (Å²) < 4.78 is 1.99. The van der Waals surface area contributed by atoms with E-state index >= 15 is 0 Å². The summed E-state index contributed by atoms with van der Waals surface area (Å²) in [6.45, 7) is 5.02. The van der Waals surface area contributed by atoms with E-state index in [4.69, 9.17) is 5.84 Å². The molecule has 1 aromatic heterocycles. The van der Waals surface area contributed by atoms with E-state index in [1.807, 2.05) is 4.68 Å². The summed E-state index contributed by atoms with van der Waals surface area (Å²) in [6.07, 6.45) is 5.14. The Morgan fingerprint density at radius 1 is 1.28 bits per heavy atom. The Balaban J connectivity index is 2.30. The maximum atomic E-state index is 10.9. The van der Waals surface area contributed by atoms with Gasteiger partial charge in [0.1, 0.15) is 5.82 Å². The second-order valence-electron chi connectivity index (χ2n) is 4.25. The van der Waals surface area contributed by atoms with Gasteiger partial charge in [0, 0.05) is 25.8 Å². The summed E-state index contributed by atoms with van der Waals surface area (Å²) in [6, 6.07) is 0. The minimum absolute atomic E-state index is 0.0988. The van der Waals surface area contributed by atoms with Crippen molar-refractivity contribution in [1.82, 2.24) is 20.2 Å². The molecule has 0 aromatic carbocycles. The van der Waals surface area contributed by atoms with Gasteiger partial charge in [0.05, 0.1) is 0 Å². The molecule has 0 atom stereocenters. The van der Waals surface area contributed by atoms with E-state index in [0.717, 1.165) is 50.3 Å². The van der Waals surface area contributed by atoms with E-state index < -0.39 is 0 Å². The molecule has 0 spiro atoms. The SMILES string of the molecule is CCc1nc(CC)n(CCCCCC(=O)NN)n1. The number of nitrogens with zero attached hydrogens (tertiary/aromatic N) is 3. The van der Waals surface area contributed by atoms with Crippen LogP contribution in [0.2, 0.25) is 0 Å². The molecule has 0 radical (unpaired) electrons. The fourth-order valence-electron chi connectivity index (χ4n) is 1.81. The fourth-order valence-corrected chi connectivity index (χ4v) is 1.81. The van der Waals surface area contributed by atoms with Gasteiger partial charge in [0.2, 0.25) is 5.91 Å². The van der Waals surface area contributed by atoms with Crippen molar-refractivity contribution >= 4 is 5.91 Å². The summed E-state index contributed by atoms with van der Waals surface area (Å²) in [7, 11) is 0. The summed E-state index contributed by atoms with van der Waals surface area (Å²) in [4.78, 5) is 15.4. The van der Waals surface area contributed by atoms with E-state index in [2.05, 4.69) is 29.4 Å². The van der Waals surface area contributed by atoms with Gasteiger partial charge >= 0.3 is 0 Å². The van der Waals surface area contributed by atoms with Crippen molar-refractivity contribution in [2.45, 2.75) is 58.9 Å². The van der Waals surface area contributed by atoms with Gasteiger partial charge in [-0.1, -0.05) is 20.3 Å². The number of carbonyl (C=O) groups is 1. The molecule has 0 aliphatic carbocycles. The monoisotopic (exact) mass is 253 g/mol. The second-order valence-corrected chi connectivity index (χ2v) is 4.25. The Morgan fingerprint density at radius 3 is 2.67 bits per heavy atom. The smallest absolute Gasteiger partial charge is 0.233 e. The van der Waals surface area contributed by atoms with Crippen LogP contribution in [0.15, 0.2) is 0 Å². The third-order valence-electron chi connectivity index (χ3n) is 2.86. The fraction of sp³-hybridized carbons (Fsp3) is 0.750. The molecule has 1 heterocycles. The van der Waals surface area contributed by atoms with Crippen molar-refractivity contribution in [3.05, 3.63) is 11.6 Å². The topological polar surface area (TPSA) is 85.8 Å². The molecule has 1 amide bonds. The van der Waals surface area contributed by atoms with Crippen LogP contribution in [0.25, 0.3) is 0 Å². The van der Waals surface area contributed by atoms with Crippen molar-refractivity contribution in [2.75, 3.05) is 0 Å². The van der Waals surface area contributed by atoms with E-state index in [-0.39, 0.29) is 5.91 Å². The maximum Gasteiger partial charge on any atom is 0.233 e. The quantitative estimate of drug-likeness (QED) is 0.312. The highest BCUT2D eigenvalue weighted by Gasteiger charge is 2.06. The lowest BCUT2D eigenvalue weighted by Crippen LogP contribution is -2.29. The highest BCUT2D eigenvalue weighted by atomic mass is 16.2. The molecular formula is C12H23N5O. The van der Waals surface area contributed by atoms with E-state index in [9.17, 15) is 4.79 Å². The number of carbonyl (C=O) groups excluding carboxylic acids is 1. The number of rotatable bonds is 8. The van der Waals surface area contributed by atoms with Crippen molar-refractivity contribution in [3.8, 4) is 0 Å². The lowest BCUT2D eigenvalue weighted by atomic mass is 10.2. The number of amides is 1. The molecule has 0 saturated carbocycles. The largest absolute Gasteiger partial charge is 0.294 e. The molecule has 0 saturated heterocycles. The van der Waals surface area contributed by atoms with E-state index in [1.54, 1.807) is 0 Å². The predicted molar refractivity (Wildman–Crippen MR) is 69.6 cm³/mol. The third-order valence-corrected chi connectivity index (χ3v) is 2.86. The Labute approximate surface area is 108 Å². The van der Waals surface area contributed by atoms with Crippen LogP contribution in [0.4, 0.5) is 0 Å². The van der Waals surface area contributed by atoms with Crippen LogP contribution in [-0.4, -0.2) is 20.7 Å². The molecule has 0 aliphatic rings. The van der Waals surface area contributed by atoms with Crippen LogP contribution in [0, 0.1) is 0 Å². The molecule has 1 rings (SSSR count). The molecule has 0 unspecified atom stereocenters. The zero-order chi connectivity index (χ0) is 13.4. The number of nitrogens with two attached hydrogens (primary N) is 1. The third kappa shape index (κ3) is 4.44. The zero-order valence-electron chi connectivity index (χ0n) is 11.3. The number of aryl methyl sites for hydroxylation is 3. The molecule has 1 aromatic rings. The summed E-state index contributed by atoms with van der Waals surface area (Å²) in [5.74, 6) is 6.87. The molecule has 102 valence electrons. The standard InChI is InChI=1S/C12H23N5O/c1-3-10-14-11(4-2)17(16-10)9-7-5-6-8-12(18)15-13/h3-9,13H2,1-2H3,(H,15,18). The second kappa shape index (κ2) is 7.81. The number of nitrogens with one attached hydrogen (secondary N) is 1. The molecule has 18 heavy (non-hydrogen) atoms. The van der Waals surface area contributed by atoms with Gasteiger partial charge in [0.15, 0.2) is 5.82 Å². The molecular weight excluding hydrogens is 230 g/mol. The van der Waals surface area contributed by atoms with Gasteiger partial charge in [-0.15, -0.1) is 0 Å². The lowest BCUT2D eigenvalue weighted by Gasteiger charge is -2.04. The number of hydrogen-bond acceptors (Lipinski definition) is 4. The first kappa shape index (κ1) is 14.6. The average Bonchev–Trinajstić information content (AvgIpc) is 2.80. The van der Waals surface area contributed by atoms with E-state index in [1.165, 1.54) is 0 Å². The number of hydrogen-bond donors (Lipinski definition) is 2. The first-order chi connectivity index (χ1) is 8.71. The van der Waals surface area contributed by atoms with Crippen molar-refractivity contribution < 1.29 is 4.79 Å². The van der Waals surface area contributed by atoms with Gasteiger partial charge in [-0.05, 0) is 12.8 Å². The Morgan fingerprint density at radius 2 is 2.06 bits per heavy atom. The summed E-state index contributed by atoms with van der Waals surface area (Å²) >= 11 is 0. The zero-order valence-corrected chi connectivity index (χ0v) is 11.3. The number of aromatic nitrogens is 3. The van der Waals surface area contributed by atoms with Crippen LogP contribution in [-0.2, 0) is 24.2 Å². The summed E-state index contributed by atoms with van der Waals surface area (Å²) in [5.41, 5.74) is 2.14. The minimum atomic E-state index is -0.0988. The van der Waals surface area contributed by atoms with Crippen LogP contribution < -0.4 is 11.3 Å². The Bertz CT molecular complexity index is 375. The van der Waals surface area contributed by atoms with Crippen LogP contribution in [0.1, 0.15) is 51.2 Å². The molecule has 6 nitrogen and oxygen atoms in total. The van der Waals surface area contributed by atoms with Crippen LogP contribution in [0.5, 0.6) is 0 Å². The summed E-state index contributed by atoms with van der Waals surface area (Å²) in [5, 5.41) is 4.45. The van der Waals surface area contributed by atoms with Gasteiger partial charge < -0.3 is 0 Å². The van der Waals surface area contributed by atoms with E-state index in [0.29, 0.717) is 6.42 Å². The van der Waals surface area contributed by atoms with Crippen molar-refractivity contribution in [1.29, 1.82) is 0 Å². The van der Waals surface area contributed by atoms with Gasteiger partial charge in [-0.3, -0.25) is 10.2 Å². The van der Waals surface area contributed by atoms with Gasteiger partial charge in [-0.2, -0.15) is 5.10 Å². The first-order valence-electron chi connectivity index (χ1n) is 6.63. The van der Waals surface area contributed by atoms with Crippen LogP contribution in [0.3, 0.4) is 0 Å². The van der Waals surface area contributed by atoms with Crippen molar-refractivity contribution in [2.24, 2.45) is 5.84 Å². The normalized spacial score (nSPS) is 10.6. The maximum absolute atomic E-state index is 10.9. The minimum Gasteiger partial charge on any atom is -0.294 e. The van der Waals surface area contributed by atoms with Gasteiger partial charge in [-0.25, -0.2) is 15.5 Å². The number of unbranched alkanes of at least 4 members (excludes halogenated alkanes) is 2. The molecule has 0 aliphatic heterocycles. The Hall–Kier alpha value is -1.43. The molecule has 0 bridgehead atoms. The average molecular weight is 253 g/mol. The highest BCUT2D eigenvalue weighted by Crippen LogP contribution is 2.06. The molecule has 6 heteroatoms. The van der Waals surface area contributed by atoms with Crippen molar-refractivity contribution in [3.63, 3.8) is 0 Å². The predicted octanol–water partition coefficient (Wildman–Crippen LogP) is 0.953. The van der Waals surface area contributed by atoms with Crippen LogP contribution >= 0.6 is 0 Å². The number of hydrazine groups is 1. The Kier molecular flexibility index (Phi) is 6.35. The highest BCUT2D eigenvalue weighted by molar-refractivity contribution is 5.74. The molecule has 3 N–H and O–H groups in total. The first-order valence-corrected chi connectivity index (χ1v) is 6.63. The van der Waals surface area contributed by atoms with Gasteiger partial charge in [0.25, 0.3) is 0 Å².